The van der Waals surface area contributed by atoms with Crippen LogP contribution in [0.3, 0.4) is 0 Å². The van der Waals surface area contributed by atoms with E-state index in [9.17, 15) is 9.59 Å². The summed E-state index contributed by atoms with van der Waals surface area (Å²) in [6.45, 7) is 10.1. The maximum absolute atomic E-state index is 13.0. The molecule has 2 aliphatic rings. The van der Waals surface area contributed by atoms with E-state index in [1.807, 2.05) is 20.8 Å². The quantitative estimate of drug-likeness (QED) is 0.561. The number of aryl methyl sites for hydroxylation is 1. The van der Waals surface area contributed by atoms with Gasteiger partial charge in [-0.3, -0.25) is 4.79 Å². The van der Waals surface area contributed by atoms with Crippen molar-refractivity contribution >= 4 is 11.8 Å². The standard InChI is InChI=1S/C21H28O4/c1-6-12(2)10-16(22)25-20-17-13(3)11-24-19(17)18(23)15-9-7-8-14(4)21(15,20)5/h10-11,14-15,20H,6-9H2,1-5H3/t14-,15+,20-,21+/m1/s1. The van der Waals surface area contributed by atoms with Crippen LogP contribution in [0.2, 0.25) is 0 Å². The van der Waals surface area contributed by atoms with Gasteiger partial charge in [-0.2, -0.15) is 0 Å². The van der Waals surface area contributed by atoms with Gasteiger partial charge < -0.3 is 9.15 Å². The molecule has 4 nitrogen and oxygen atoms in total. The van der Waals surface area contributed by atoms with Crippen molar-refractivity contribution in [2.24, 2.45) is 17.3 Å². The maximum atomic E-state index is 13.0. The molecule has 136 valence electrons. The molecule has 0 aliphatic heterocycles. The van der Waals surface area contributed by atoms with Crippen LogP contribution in [0.5, 0.6) is 0 Å². The lowest BCUT2D eigenvalue weighted by Crippen LogP contribution is -2.50. The molecule has 0 aromatic carbocycles. The number of allylic oxidation sites excluding steroid dienone is 1. The van der Waals surface area contributed by atoms with Crippen molar-refractivity contribution < 1.29 is 18.7 Å². The largest absolute Gasteiger partial charge is 0.461 e. The van der Waals surface area contributed by atoms with Crippen molar-refractivity contribution in [1.82, 2.24) is 0 Å². The molecular weight excluding hydrogens is 316 g/mol. The lowest BCUT2D eigenvalue weighted by atomic mass is 9.54. The molecule has 0 saturated heterocycles. The summed E-state index contributed by atoms with van der Waals surface area (Å²) in [5.74, 6) is 0.283. The Labute approximate surface area is 149 Å². The number of ketones is 1. The molecule has 0 bridgehead atoms. The Hall–Kier alpha value is -1.84. The number of esters is 1. The topological polar surface area (TPSA) is 56.5 Å². The highest BCUT2D eigenvalue weighted by Gasteiger charge is 2.58. The second kappa shape index (κ2) is 6.47. The molecule has 4 heteroatoms. The Bertz CT molecular complexity index is 726. The number of ether oxygens (including phenoxy) is 1. The predicted molar refractivity (Wildman–Crippen MR) is 95.3 cm³/mol. The van der Waals surface area contributed by atoms with Crippen LogP contribution >= 0.6 is 0 Å². The third kappa shape index (κ3) is 2.76. The molecule has 0 spiro atoms. The molecule has 4 atom stereocenters. The van der Waals surface area contributed by atoms with Gasteiger partial charge in [0.25, 0.3) is 0 Å². The summed E-state index contributed by atoms with van der Waals surface area (Å²) >= 11 is 0. The third-order valence-corrected chi connectivity index (χ3v) is 6.49. The van der Waals surface area contributed by atoms with Gasteiger partial charge in [-0.1, -0.05) is 32.8 Å². The minimum atomic E-state index is -0.437. The Morgan fingerprint density at radius 2 is 2.16 bits per heavy atom. The zero-order valence-electron chi connectivity index (χ0n) is 15.8. The van der Waals surface area contributed by atoms with Crippen molar-refractivity contribution in [2.75, 3.05) is 0 Å². The number of hydrogen-bond acceptors (Lipinski definition) is 4. The minimum absolute atomic E-state index is 0.0738. The number of Topliss-reactive ketones (excluding diaryl/α,β-unsaturated/α-hetero) is 1. The van der Waals surface area contributed by atoms with E-state index in [4.69, 9.17) is 9.15 Å². The zero-order valence-corrected chi connectivity index (χ0v) is 15.8. The minimum Gasteiger partial charge on any atom is -0.461 e. The normalized spacial score (nSPS) is 32.1. The molecule has 3 rings (SSSR count). The number of fused-ring (bicyclic) bond motifs is 2. The molecule has 1 aromatic rings. The summed E-state index contributed by atoms with van der Waals surface area (Å²) in [7, 11) is 0. The average Bonchev–Trinajstić information content (AvgIpc) is 2.95. The molecule has 1 heterocycles. The summed E-state index contributed by atoms with van der Waals surface area (Å²) in [5.41, 5.74) is 2.25. The number of carbonyl (C=O) groups is 2. The van der Waals surface area contributed by atoms with Gasteiger partial charge in [0, 0.05) is 23.0 Å². The SMILES string of the molecule is CCC(C)=CC(=O)O[C@@H]1c2c(C)coc2C(=O)[C@@H]2CCC[C@@H](C)[C@]12C. The third-order valence-electron chi connectivity index (χ3n) is 6.49. The molecule has 25 heavy (non-hydrogen) atoms. The van der Waals surface area contributed by atoms with Gasteiger partial charge in [-0.05, 0) is 44.6 Å². The van der Waals surface area contributed by atoms with Crippen LogP contribution in [0.4, 0.5) is 0 Å². The van der Waals surface area contributed by atoms with Gasteiger partial charge in [0.05, 0.1) is 6.26 Å². The van der Waals surface area contributed by atoms with Crippen molar-refractivity contribution in [2.45, 2.75) is 66.4 Å². The Balaban J connectivity index is 2.08. The first kappa shape index (κ1) is 18.0. The number of furan rings is 1. The molecule has 1 aromatic heterocycles. The number of carbonyl (C=O) groups excluding carboxylic acids is 2. The fourth-order valence-corrected chi connectivity index (χ4v) is 4.53. The average molecular weight is 344 g/mol. The summed E-state index contributed by atoms with van der Waals surface area (Å²) in [6.07, 6.45) is 6.45. The van der Waals surface area contributed by atoms with Crippen molar-refractivity contribution in [1.29, 1.82) is 0 Å². The van der Waals surface area contributed by atoms with E-state index in [2.05, 4.69) is 13.8 Å². The fourth-order valence-electron chi connectivity index (χ4n) is 4.53. The van der Waals surface area contributed by atoms with Gasteiger partial charge >= 0.3 is 5.97 Å². The Kier molecular flexibility index (Phi) is 4.65. The van der Waals surface area contributed by atoms with Crippen LogP contribution in [-0.2, 0) is 9.53 Å². The predicted octanol–water partition coefficient (Wildman–Crippen LogP) is 5.17. The smallest absolute Gasteiger partial charge is 0.331 e. The maximum Gasteiger partial charge on any atom is 0.331 e. The van der Waals surface area contributed by atoms with Gasteiger partial charge in [0.2, 0.25) is 5.78 Å². The van der Waals surface area contributed by atoms with Gasteiger partial charge in [-0.25, -0.2) is 4.79 Å². The summed E-state index contributed by atoms with van der Waals surface area (Å²) < 4.78 is 11.6. The Morgan fingerprint density at radius 3 is 2.84 bits per heavy atom. The molecular formula is C21H28O4. The lowest BCUT2D eigenvalue weighted by Gasteiger charge is -2.51. The van der Waals surface area contributed by atoms with E-state index >= 15 is 0 Å². The van der Waals surface area contributed by atoms with Crippen LogP contribution < -0.4 is 0 Å². The monoisotopic (exact) mass is 344 g/mol. The van der Waals surface area contributed by atoms with Crippen LogP contribution in [0.25, 0.3) is 0 Å². The molecule has 0 N–H and O–H groups in total. The van der Waals surface area contributed by atoms with Crippen LogP contribution in [0.1, 0.15) is 81.2 Å². The number of hydrogen-bond donors (Lipinski definition) is 0. The molecule has 0 amide bonds. The number of rotatable bonds is 3. The highest BCUT2D eigenvalue weighted by atomic mass is 16.5. The molecule has 2 aliphatic carbocycles. The first-order chi connectivity index (χ1) is 11.8. The highest BCUT2D eigenvalue weighted by molar-refractivity contribution is 5.99. The van der Waals surface area contributed by atoms with Crippen LogP contribution in [0.15, 0.2) is 22.3 Å². The van der Waals surface area contributed by atoms with Gasteiger partial charge in [0.15, 0.2) is 5.76 Å². The molecule has 1 saturated carbocycles. The van der Waals surface area contributed by atoms with E-state index < -0.39 is 6.10 Å². The first-order valence-electron chi connectivity index (χ1n) is 9.30. The summed E-state index contributed by atoms with van der Waals surface area (Å²) in [5, 5.41) is 0. The Morgan fingerprint density at radius 1 is 1.44 bits per heavy atom. The second-order valence-electron chi connectivity index (χ2n) is 7.94. The molecule has 0 unspecified atom stereocenters. The summed E-state index contributed by atoms with van der Waals surface area (Å²) in [6, 6.07) is 0. The first-order valence-corrected chi connectivity index (χ1v) is 9.30. The van der Waals surface area contributed by atoms with E-state index in [1.54, 1.807) is 12.3 Å². The van der Waals surface area contributed by atoms with E-state index in [-0.39, 0.29) is 23.1 Å². The van der Waals surface area contributed by atoms with E-state index in [0.717, 1.165) is 42.4 Å². The van der Waals surface area contributed by atoms with E-state index in [1.165, 1.54) is 0 Å². The zero-order chi connectivity index (χ0) is 18.4. The molecule has 1 fully saturated rings. The second-order valence-corrected chi connectivity index (χ2v) is 7.94. The van der Waals surface area contributed by atoms with Crippen molar-refractivity contribution in [3.63, 3.8) is 0 Å². The van der Waals surface area contributed by atoms with Crippen molar-refractivity contribution in [3.05, 3.63) is 34.8 Å². The van der Waals surface area contributed by atoms with Gasteiger partial charge in [-0.15, -0.1) is 0 Å². The van der Waals surface area contributed by atoms with Crippen molar-refractivity contribution in [3.8, 4) is 0 Å². The van der Waals surface area contributed by atoms with E-state index in [0.29, 0.717) is 11.7 Å². The molecule has 0 radical (unpaired) electrons. The van der Waals surface area contributed by atoms with Crippen LogP contribution in [0, 0.1) is 24.2 Å². The lowest BCUT2D eigenvalue weighted by molar-refractivity contribution is -0.160. The summed E-state index contributed by atoms with van der Waals surface area (Å²) in [4.78, 5) is 25.5. The van der Waals surface area contributed by atoms with Gasteiger partial charge in [0.1, 0.15) is 6.10 Å². The fraction of sp³-hybridized carbons (Fsp3) is 0.619. The van der Waals surface area contributed by atoms with Crippen LogP contribution in [-0.4, -0.2) is 11.8 Å². The highest BCUT2D eigenvalue weighted by Crippen LogP contribution is 2.59.